The normalized spacial score (nSPS) is 11.3. The maximum Gasteiger partial charge on any atom is 0.263 e. The summed E-state index contributed by atoms with van der Waals surface area (Å²) in [6.45, 7) is 8.10. The van der Waals surface area contributed by atoms with Crippen molar-refractivity contribution in [3.63, 3.8) is 0 Å². The second-order valence-electron chi connectivity index (χ2n) is 6.33. The molecule has 4 aromatic rings. The van der Waals surface area contributed by atoms with E-state index in [-0.39, 0.29) is 5.56 Å². The molecular formula is C20H17ClN4O2S2. The number of halogens is 1. The number of fused-ring (bicyclic) bond motifs is 1. The van der Waals surface area contributed by atoms with Crippen molar-refractivity contribution < 1.29 is 4.42 Å². The number of aromatic nitrogens is 4. The van der Waals surface area contributed by atoms with Gasteiger partial charge in [0.2, 0.25) is 11.8 Å². The predicted octanol–water partition coefficient (Wildman–Crippen LogP) is 5.26. The molecule has 1 aromatic carbocycles. The molecule has 0 amide bonds. The molecule has 3 aromatic heterocycles. The lowest BCUT2D eigenvalue weighted by molar-refractivity contribution is 0.528. The summed E-state index contributed by atoms with van der Waals surface area (Å²) in [7, 11) is 0. The second kappa shape index (κ2) is 8.14. The van der Waals surface area contributed by atoms with Gasteiger partial charge in [0.25, 0.3) is 5.56 Å². The molecule has 0 saturated carbocycles. The molecule has 0 aliphatic rings. The van der Waals surface area contributed by atoms with Gasteiger partial charge in [-0.15, -0.1) is 28.1 Å². The number of allylic oxidation sites excluding steroid dienone is 1. The number of hydrogen-bond acceptors (Lipinski definition) is 7. The Bertz CT molecular complexity index is 1280. The molecule has 0 aliphatic carbocycles. The van der Waals surface area contributed by atoms with Gasteiger partial charge in [0.15, 0.2) is 5.16 Å². The minimum Gasteiger partial charge on any atom is -0.420 e. The average molecular weight is 445 g/mol. The maximum atomic E-state index is 13.0. The van der Waals surface area contributed by atoms with Crippen molar-refractivity contribution in [2.24, 2.45) is 0 Å². The predicted molar refractivity (Wildman–Crippen MR) is 118 cm³/mol. The molecule has 0 spiro atoms. The number of hydrogen-bond donors (Lipinski definition) is 0. The molecule has 0 saturated heterocycles. The lowest BCUT2D eigenvalue weighted by Crippen LogP contribution is -2.22. The summed E-state index contributed by atoms with van der Waals surface area (Å²) in [5, 5.41) is 10.0. The summed E-state index contributed by atoms with van der Waals surface area (Å²) in [6, 6.07) is 7.30. The van der Waals surface area contributed by atoms with Crippen molar-refractivity contribution in [3.8, 4) is 11.5 Å². The van der Waals surface area contributed by atoms with Gasteiger partial charge in [0.1, 0.15) is 4.83 Å². The number of benzene rings is 1. The second-order valence-corrected chi connectivity index (χ2v) is 8.88. The molecule has 0 radical (unpaired) electrons. The standard InChI is InChI=1S/C20H17ClN4O2S2/c1-4-9-25-19(26)16-11(2)12(3)29-18(16)22-20(25)28-10-15-23-24-17(27-15)13-7-5-6-8-14(13)21/h4-8H,1,9-10H2,2-3H3. The number of thioether (sulfide) groups is 1. The molecular weight excluding hydrogens is 428 g/mol. The molecule has 0 atom stereocenters. The van der Waals surface area contributed by atoms with Crippen LogP contribution < -0.4 is 5.56 Å². The van der Waals surface area contributed by atoms with E-state index in [1.165, 1.54) is 23.1 Å². The smallest absolute Gasteiger partial charge is 0.263 e. The average Bonchev–Trinajstić information content (AvgIpc) is 3.28. The first-order valence-electron chi connectivity index (χ1n) is 8.81. The van der Waals surface area contributed by atoms with Gasteiger partial charge < -0.3 is 4.42 Å². The number of nitrogens with zero attached hydrogens (tertiary/aromatic N) is 4. The molecule has 3 heterocycles. The Balaban J connectivity index is 1.65. The summed E-state index contributed by atoms with van der Waals surface area (Å²) in [6.07, 6.45) is 1.69. The number of aryl methyl sites for hydroxylation is 2. The Labute approximate surface area is 180 Å². The molecule has 0 unspecified atom stereocenters. The van der Waals surface area contributed by atoms with Crippen molar-refractivity contribution in [1.29, 1.82) is 0 Å². The van der Waals surface area contributed by atoms with E-state index in [4.69, 9.17) is 21.0 Å². The largest absolute Gasteiger partial charge is 0.420 e. The van der Waals surface area contributed by atoms with Crippen molar-refractivity contribution in [1.82, 2.24) is 19.7 Å². The van der Waals surface area contributed by atoms with Gasteiger partial charge in [-0.1, -0.05) is 41.6 Å². The fourth-order valence-corrected chi connectivity index (χ4v) is 5.02. The third-order valence-electron chi connectivity index (χ3n) is 4.46. The van der Waals surface area contributed by atoms with Crippen LogP contribution in [0.3, 0.4) is 0 Å². The van der Waals surface area contributed by atoms with E-state index < -0.39 is 0 Å². The lowest BCUT2D eigenvalue weighted by atomic mass is 10.2. The first-order valence-corrected chi connectivity index (χ1v) is 11.0. The van der Waals surface area contributed by atoms with Crippen molar-refractivity contribution in [2.45, 2.75) is 31.3 Å². The van der Waals surface area contributed by atoms with Crippen molar-refractivity contribution in [3.05, 3.63) is 68.6 Å². The van der Waals surface area contributed by atoms with Crippen LogP contribution in [0.5, 0.6) is 0 Å². The van der Waals surface area contributed by atoms with Crippen molar-refractivity contribution in [2.75, 3.05) is 0 Å². The van der Waals surface area contributed by atoms with Crippen LogP contribution in [0.25, 0.3) is 21.7 Å². The van der Waals surface area contributed by atoms with E-state index in [1.54, 1.807) is 16.7 Å². The lowest BCUT2D eigenvalue weighted by Gasteiger charge is -2.09. The van der Waals surface area contributed by atoms with Crippen LogP contribution in [0, 0.1) is 13.8 Å². The molecule has 0 N–H and O–H groups in total. The summed E-state index contributed by atoms with van der Waals surface area (Å²) >= 11 is 9.10. The van der Waals surface area contributed by atoms with Crippen LogP contribution in [-0.4, -0.2) is 19.7 Å². The number of thiophene rings is 1. The van der Waals surface area contributed by atoms with E-state index >= 15 is 0 Å². The monoisotopic (exact) mass is 444 g/mol. The molecule has 29 heavy (non-hydrogen) atoms. The van der Waals surface area contributed by atoms with Crippen molar-refractivity contribution >= 4 is 44.9 Å². The molecule has 6 nitrogen and oxygen atoms in total. The van der Waals surface area contributed by atoms with Gasteiger partial charge >= 0.3 is 0 Å². The molecule has 0 fully saturated rings. The quantitative estimate of drug-likeness (QED) is 0.229. The Hall–Kier alpha value is -2.42. The maximum absolute atomic E-state index is 13.0. The zero-order valence-electron chi connectivity index (χ0n) is 15.8. The highest BCUT2D eigenvalue weighted by Gasteiger charge is 2.18. The van der Waals surface area contributed by atoms with Gasteiger partial charge in [0.05, 0.1) is 21.7 Å². The van der Waals surface area contributed by atoms with E-state index in [9.17, 15) is 4.79 Å². The van der Waals surface area contributed by atoms with E-state index in [1.807, 2.05) is 32.0 Å². The SMILES string of the molecule is C=CCn1c(SCc2nnc(-c3ccccc3Cl)o2)nc2sc(C)c(C)c2c1=O. The van der Waals surface area contributed by atoms with Crippen LogP contribution in [0.2, 0.25) is 5.02 Å². The Morgan fingerprint density at radius 1 is 1.31 bits per heavy atom. The van der Waals surface area contributed by atoms with Crippen LogP contribution in [0.15, 0.2) is 51.3 Å². The van der Waals surface area contributed by atoms with Crippen LogP contribution in [0.1, 0.15) is 16.3 Å². The summed E-state index contributed by atoms with van der Waals surface area (Å²) in [4.78, 5) is 19.6. The number of rotatable bonds is 6. The first-order chi connectivity index (χ1) is 14.0. The fraction of sp³-hybridized carbons (Fsp3) is 0.200. The minimum absolute atomic E-state index is 0.0541. The summed E-state index contributed by atoms with van der Waals surface area (Å²) in [5.74, 6) is 1.18. The Morgan fingerprint density at radius 2 is 2.10 bits per heavy atom. The third-order valence-corrected chi connectivity index (χ3v) is 6.85. The van der Waals surface area contributed by atoms with Crippen LogP contribution in [0.4, 0.5) is 0 Å². The summed E-state index contributed by atoms with van der Waals surface area (Å²) < 4.78 is 7.38. The molecule has 9 heteroatoms. The van der Waals surface area contributed by atoms with E-state index in [0.29, 0.717) is 45.2 Å². The van der Waals surface area contributed by atoms with E-state index in [2.05, 4.69) is 16.8 Å². The van der Waals surface area contributed by atoms with Gasteiger partial charge in [-0.2, -0.15) is 0 Å². The highest BCUT2D eigenvalue weighted by molar-refractivity contribution is 7.98. The van der Waals surface area contributed by atoms with E-state index in [0.717, 1.165) is 15.3 Å². The topological polar surface area (TPSA) is 73.8 Å². The van der Waals surface area contributed by atoms with Gasteiger partial charge in [0, 0.05) is 11.4 Å². The third kappa shape index (κ3) is 3.75. The fourth-order valence-electron chi connectivity index (χ4n) is 2.89. The molecule has 4 rings (SSSR count). The molecule has 0 aliphatic heterocycles. The highest BCUT2D eigenvalue weighted by atomic mass is 35.5. The summed E-state index contributed by atoms with van der Waals surface area (Å²) in [5.41, 5.74) is 1.62. The molecule has 148 valence electrons. The van der Waals surface area contributed by atoms with Gasteiger partial charge in [-0.25, -0.2) is 4.98 Å². The van der Waals surface area contributed by atoms with Crippen LogP contribution in [-0.2, 0) is 12.3 Å². The van der Waals surface area contributed by atoms with Gasteiger partial charge in [-0.3, -0.25) is 9.36 Å². The minimum atomic E-state index is -0.0541. The zero-order chi connectivity index (χ0) is 20.5. The van der Waals surface area contributed by atoms with Gasteiger partial charge in [-0.05, 0) is 31.5 Å². The highest BCUT2D eigenvalue weighted by Crippen LogP contribution is 2.30. The van der Waals surface area contributed by atoms with Crippen LogP contribution >= 0.6 is 34.7 Å². The molecule has 0 bridgehead atoms. The Morgan fingerprint density at radius 3 is 2.86 bits per heavy atom. The zero-order valence-corrected chi connectivity index (χ0v) is 18.2. The first kappa shape index (κ1) is 19.9. The Kier molecular flexibility index (Phi) is 5.58.